The summed E-state index contributed by atoms with van der Waals surface area (Å²) < 4.78 is 11.3. The lowest BCUT2D eigenvalue weighted by Gasteiger charge is -2.39. The minimum atomic E-state index is -0.0454. The van der Waals surface area contributed by atoms with Gasteiger partial charge < -0.3 is 25.4 Å². The van der Waals surface area contributed by atoms with Crippen LogP contribution in [0.5, 0.6) is 0 Å². The largest absolute Gasteiger partial charge is 0.381 e. The van der Waals surface area contributed by atoms with E-state index in [0.717, 1.165) is 71.3 Å². The van der Waals surface area contributed by atoms with Crippen LogP contribution in [0.3, 0.4) is 0 Å². The zero-order valence-electron chi connectivity index (χ0n) is 19.4. The first-order chi connectivity index (χ1) is 14.5. The molecule has 1 aliphatic heterocycles. The molecular weight excluding hydrogens is 376 g/mol. The second-order valence-electron chi connectivity index (χ2n) is 8.61. The summed E-state index contributed by atoms with van der Waals surface area (Å²) in [5, 5.41) is 10.7. The van der Waals surface area contributed by atoms with Gasteiger partial charge in [-0.25, -0.2) is 0 Å². The molecule has 0 amide bonds. The zero-order valence-corrected chi connectivity index (χ0v) is 19.4. The van der Waals surface area contributed by atoms with E-state index in [4.69, 9.17) is 14.5 Å². The van der Waals surface area contributed by atoms with E-state index < -0.39 is 0 Å². The van der Waals surface area contributed by atoms with E-state index in [1.807, 2.05) is 0 Å². The molecule has 1 aromatic carbocycles. The molecule has 3 N–H and O–H groups in total. The highest BCUT2D eigenvalue weighted by molar-refractivity contribution is 5.79. The van der Waals surface area contributed by atoms with Gasteiger partial charge in [0.15, 0.2) is 5.96 Å². The molecule has 1 unspecified atom stereocenters. The maximum absolute atomic E-state index is 5.67. The van der Waals surface area contributed by atoms with Gasteiger partial charge in [-0.2, -0.15) is 0 Å². The summed E-state index contributed by atoms with van der Waals surface area (Å²) in [6.45, 7) is 14.3. The van der Waals surface area contributed by atoms with Gasteiger partial charge in [0.2, 0.25) is 0 Å². The maximum Gasteiger partial charge on any atom is 0.191 e. The Kier molecular flexibility index (Phi) is 11.2. The van der Waals surface area contributed by atoms with Gasteiger partial charge in [-0.15, -0.1) is 0 Å². The van der Waals surface area contributed by atoms with Crippen LogP contribution in [0.2, 0.25) is 0 Å². The zero-order chi connectivity index (χ0) is 21.7. The van der Waals surface area contributed by atoms with Crippen molar-refractivity contribution in [1.29, 1.82) is 0 Å². The predicted molar refractivity (Wildman–Crippen MR) is 125 cm³/mol. The van der Waals surface area contributed by atoms with Crippen molar-refractivity contribution in [1.82, 2.24) is 16.0 Å². The van der Waals surface area contributed by atoms with Crippen molar-refractivity contribution < 1.29 is 9.47 Å². The minimum Gasteiger partial charge on any atom is -0.381 e. The maximum atomic E-state index is 5.67. The first kappa shape index (κ1) is 24.6. The van der Waals surface area contributed by atoms with E-state index in [1.54, 1.807) is 0 Å². The van der Waals surface area contributed by atoms with Gasteiger partial charge in [0.05, 0.1) is 6.54 Å². The number of nitrogens with zero attached hydrogens (tertiary/aromatic N) is 1. The van der Waals surface area contributed by atoms with E-state index in [2.05, 4.69) is 74.0 Å². The van der Waals surface area contributed by atoms with Crippen LogP contribution in [0.4, 0.5) is 0 Å². The number of hydrogen-bond donors (Lipinski definition) is 3. The molecule has 1 aliphatic rings. The molecule has 1 fully saturated rings. The van der Waals surface area contributed by atoms with Crippen molar-refractivity contribution >= 4 is 5.96 Å². The highest BCUT2D eigenvalue weighted by atomic mass is 16.5. The van der Waals surface area contributed by atoms with Crippen molar-refractivity contribution in [2.45, 2.75) is 58.5 Å². The summed E-state index contributed by atoms with van der Waals surface area (Å²) in [6.07, 6.45) is 2.91. The van der Waals surface area contributed by atoms with Crippen molar-refractivity contribution in [3.63, 3.8) is 0 Å². The van der Waals surface area contributed by atoms with Gasteiger partial charge in [-0.3, -0.25) is 4.99 Å². The van der Waals surface area contributed by atoms with Crippen molar-refractivity contribution in [2.24, 2.45) is 10.9 Å². The average Bonchev–Trinajstić information content (AvgIpc) is 2.75. The van der Waals surface area contributed by atoms with Crippen molar-refractivity contribution in [3.8, 4) is 0 Å². The van der Waals surface area contributed by atoms with Gasteiger partial charge >= 0.3 is 0 Å². The van der Waals surface area contributed by atoms with Gasteiger partial charge in [0.1, 0.15) is 0 Å². The Bertz CT molecular complexity index is 600. The van der Waals surface area contributed by atoms with E-state index in [1.165, 1.54) is 5.56 Å². The molecule has 0 radical (unpaired) electrons. The molecule has 0 saturated carbocycles. The number of ether oxygens (including phenoxy) is 2. The van der Waals surface area contributed by atoms with Crippen molar-refractivity contribution in [2.75, 3.05) is 46.1 Å². The Labute approximate surface area is 183 Å². The topological polar surface area (TPSA) is 66.9 Å². The lowest BCUT2D eigenvalue weighted by molar-refractivity contribution is 0.0374. The summed E-state index contributed by atoms with van der Waals surface area (Å²) >= 11 is 0. The molecule has 6 heteroatoms. The fraction of sp³-hybridized carbons (Fsp3) is 0.708. The summed E-state index contributed by atoms with van der Waals surface area (Å²) in [4.78, 5) is 4.94. The van der Waals surface area contributed by atoms with Crippen LogP contribution < -0.4 is 16.0 Å². The van der Waals surface area contributed by atoms with Crippen LogP contribution in [0.15, 0.2) is 35.3 Å². The SMILES string of the molecule is CCNC(=NCC1(NC(C)c2ccccc2)CCOCC1)NCCCOCC(C)C. The van der Waals surface area contributed by atoms with Crippen LogP contribution in [0.25, 0.3) is 0 Å². The van der Waals surface area contributed by atoms with E-state index in [-0.39, 0.29) is 11.6 Å². The van der Waals surface area contributed by atoms with Crippen LogP contribution in [0, 0.1) is 5.92 Å². The molecule has 170 valence electrons. The normalized spacial score (nSPS) is 17.7. The standard InChI is InChI=1S/C24H42N4O2/c1-5-25-23(26-14-9-15-30-18-20(2)3)27-19-24(12-16-29-17-13-24)28-21(4)22-10-7-6-8-11-22/h6-8,10-11,20-21,28H,5,9,12-19H2,1-4H3,(H2,25,26,27). The minimum absolute atomic E-state index is 0.0454. The second kappa shape index (κ2) is 13.6. The third-order valence-electron chi connectivity index (χ3n) is 5.37. The van der Waals surface area contributed by atoms with E-state index >= 15 is 0 Å². The van der Waals surface area contributed by atoms with Gasteiger partial charge in [0, 0.05) is 51.1 Å². The number of benzene rings is 1. The Morgan fingerprint density at radius 1 is 1.13 bits per heavy atom. The van der Waals surface area contributed by atoms with Crippen LogP contribution in [0.1, 0.15) is 58.6 Å². The van der Waals surface area contributed by atoms with Gasteiger partial charge in [-0.1, -0.05) is 44.2 Å². The smallest absolute Gasteiger partial charge is 0.191 e. The molecule has 1 aromatic rings. The molecule has 1 atom stereocenters. The third kappa shape index (κ3) is 9.02. The number of aliphatic imine (C=N–C) groups is 1. The summed E-state index contributed by atoms with van der Waals surface area (Å²) in [5.74, 6) is 1.46. The molecular formula is C24H42N4O2. The Morgan fingerprint density at radius 2 is 1.87 bits per heavy atom. The highest BCUT2D eigenvalue weighted by Gasteiger charge is 2.34. The summed E-state index contributed by atoms with van der Waals surface area (Å²) in [7, 11) is 0. The Hall–Kier alpha value is -1.63. The van der Waals surface area contributed by atoms with Gasteiger partial charge in [-0.05, 0) is 44.6 Å². The molecule has 1 saturated heterocycles. The average molecular weight is 419 g/mol. The molecule has 6 nitrogen and oxygen atoms in total. The Balaban J connectivity index is 1.92. The predicted octanol–water partition coefficient (Wildman–Crippen LogP) is 3.50. The van der Waals surface area contributed by atoms with Crippen LogP contribution in [-0.2, 0) is 9.47 Å². The molecule has 2 rings (SSSR count). The van der Waals surface area contributed by atoms with E-state index in [9.17, 15) is 0 Å². The van der Waals surface area contributed by atoms with Crippen LogP contribution >= 0.6 is 0 Å². The fourth-order valence-electron chi connectivity index (χ4n) is 3.67. The van der Waals surface area contributed by atoms with Crippen LogP contribution in [-0.4, -0.2) is 57.6 Å². The third-order valence-corrected chi connectivity index (χ3v) is 5.37. The number of guanidine groups is 1. The molecule has 0 aromatic heterocycles. The molecule has 0 aliphatic carbocycles. The first-order valence-corrected chi connectivity index (χ1v) is 11.5. The lowest BCUT2D eigenvalue weighted by Crippen LogP contribution is -2.53. The summed E-state index contributed by atoms with van der Waals surface area (Å²) in [6, 6.07) is 10.9. The quantitative estimate of drug-likeness (QED) is 0.275. The highest BCUT2D eigenvalue weighted by Crippen LogP contribution is 2.26. The number of rotatable bonds is 12. The number of nitrogens with one attached hydrogen (secondary N) is 3. The molecule has 0 spiro atoms. The lowest BCUT2D eigenvalue weighted by atomic mass is 9.88. The summed E-state index contributed by atoms with van der Waals surface area (Å²) in [5.41, 5.74) is 1.26. The second-order valence-corrected chi connectivity index (χ2v) is 8.61. The Morgan fingerprint density at radius 3 is 2.53 bits per heavy atom. The van der Waals surface area contributed by atoms with E-state index in [0.29, 0.717) is 5.92 Å². The van der Waals surface area contributed by atoms with Gasteiger partial charge in [0.25, 0.3) is 0 Å². The molecule has 1 heterocycles. The van der Waals surface area contributed by atoms with Crippen molar-refractivity contribution in [3.05, 3.63) is 35.9 Å². The monoisotopic (exact) mass is 418 g/mol. The fourth-order valence-corrected chi connectivity index (χ4v) is 3.67. The number of hydrogen-bond acceptors (Lipinski definition) is 4. The molecule has 0 bridgehead atoms. The molecule has 30 heavy (non-hydrogen) atoms. The first-order valence-electron chi connectivity index (χ1n) is 11.5.